The van der Waals surface area contributed by atoms with Crippen LogP contribution in [0.1, 0.15) is 32.7 Å². The predicted octanol–water partition coefficient (Wildman–Crippen LogP) is 2.15. The Morgan fingerprint density at radius 3 is 2.92 bits per heavy atom. The van der Waals surface area contributed by atoms with Gasteiger partial charge in [0.2, 0.25) is 0 Å². The normalized spacial score (nSPS) is 12.8. The molecule has 0 saturated carbocycles. The third-order valence-electron chi connectivity index (χ3n) is 1.94. The molecule has 0 aliphatic carbocycles. The maximum Gasteiger partial charge on any atom is 0.389 e. The van der Waals surface area contributed by atoms with Gasteiger partial charge in [0.15, 0.2) is 0 Å². The Balaban J connectivity index is 2.73. The molecule has 5 nitrogen and oxygen atoms in total. The lowest BCUT2D eigenvalue weighted by Gasteiger charge is -2.04. The first-order valence-electron chi connectivity index (χ1n) is 4.34. The zero-order chi connectivity index (χ0) is 9.84. The molecule has 0 saturated heterocycles. The minimum Gasteiger partial charge on any atom is -0.358 e. The summed E-state index contributed by atoms with van der Waals surface area (Å²) in [4.78, 5) is 9.85. The van der Waals surface area contributed by atoms with Gasteiger partial charge in [-0.1, -0.05) is 13.3 Å². The third kappa shape index (κ3) is 2.27. The molecule has 1 heterocycles. The number of aromatic nitrogens is 2. The zero-order valence-corrected chi connectivity index (χ0v) is 7.80. The minimum absolute atomic E-state index is 0.0806. The largest absolute Gasteiger partial charge is 0.389 e. The van der Waals surface area contributed by atoms with E-state index in [0.717, 1.165) is 12.8 Å². The highest BCUT2D eigenvalue weighted by Crippen LogP contribution is 2.14. The lowest BCUT2D eigenvalue weighted by atomic mass is 10.2. The summed E-state index contributed by atoms with van der Waals surface area (Å²) in [7, 11) is 0. The second-order valence-corrected chi connectivity index (χ2v) is 3.05. The molecule has 0 spiro atoms. The molecule has 1 unspecified atom stereocenters. The average molecular weight is 183 g/mol. The van der Waals surface area contributed by atoms with E-state index in [9.17, 15) is 10.1 Å². The molecule has 1 aromatic rings. The number of nitro groups is 1. The van der Waals surface area contributed by atoms with E-state index in [1.54, 1.807) is 10.9 Å². The fourth-order valence-corrected chi connectivity index (χ4v) is 1.22. The lowest BCUT2D eigenvalue weighted by molar-refractivity contribution is -0.389. The molecule has 5 heteroatoms. The number of nitrogens with zero attached hydrogens (tertiary/aromatic N) is 3. The van der Waals surface area contributed by atoms with Crippen LogP contribution in [0, 0.1) is 10.1 Å². The molecule has 1 aromatic heterocycles. The molecule has 0 bridgehead atoms. The summed E-state index contributed by atoms with van der Waals surface area (Å²) in [6.45, 7) is 4.08. The van der Waals surface area contributed by atoms with Gasteiger partial charge >= 0.3 is 5.82 Å². The Labute approximate surface area is 76.5 Å². The standard InChI is InChI=1S/C8H13N3O2/c1-3-4-7(2)10-6-5-8(9-10)11(12)13/h5-7H,3-4H2,1-2H3. The minimum atomic E-state index is -0.477. The van der Waals surface area contributed by atoms with Gasteiger partial charge in [0.25, 0.3) is 0 Å². The number of rotatable bonds is 4. The second-order valence-electron chi connectivity index (χ2n) is 3.05. The third-order valence-corrected chi connectivity index (χ3v) is 1.94. The SMILES string of the molecule is CCCC(C)n1ccc([N+](=O)[O-])n1. The first-order valence-corrected chi connectivity index (χ1v) is 4.34. The van der Waals surface area contributed by atoms with Crippen LogP contribution in [-0.2, 0) is 0 Å². The number of hydrogen-bond donors (Lipinski definition) is 0. The molecule has 0 amide bonds. The molecule has 0 aliphatic rings. The Morgan fingerprint density at radius 1 is 1.77 bits per heavy atom. The van der Waals surface area contributed by atoms with E-state index in [1.807, 2.05) is 6.92 Å². The van der Waals surface area contributed by atoms with Crippen molar-refractivity contribution in [1.29, 1.82) is 0 Å². The van der Waals surface area contributed by atoms with Gasteiger partial charge in [-0.25, -0.2) is 0 Å². The van der Waals surface area contributed by atoms with Crippen molar-refractivity contribution in [2.75, 3.05) is 0 Å². The summed E-state index contributed by atoms with van der Waals surface area (Å²) in [6.07, 6.45) is 3.69. The van der Waals surface area contributed by atoms with E-state index in [4.69, 9.17) is 0 Å². The van der Waals surface area contributed by atoms with E-state index in [0.29, 0.717) is 0 Å². The lowest BCUT2D eigenvalue weighted by Crippen LogP contribution is -2.05. The van der Waals surface area contributed by atoms with E-state index in [-0.39, 0.29) is 11.9 Å². The van der Waals surface area contributed by atoms with Gasteiger partial charge in [-0.05, 0) is 18.3 Å². The maximum atomic E-state index is 10.3. The van der Waals surface area contributed by atoms with Crippen LogP contribution in [0.2, 0.25) is 0 Å². The van der Waals surface area contributed by atoms with Crippen LogP contribution in [0.5, 0.6) is 0 Å². The van der Waals surface area contributed by atoms with Crippen molar-refractivity contribution in [2.45, 2.75) is 32.7 Å². The van der Waals surface area contributed by atoms with Crippen LogP contribution in [0.3, 0.4) is 0 Å². The van der Waals surface area contributed by atoms with Crippen LogP contribution < -0.4 is 0 Å². The first kappa shape index (κ1) is 9.70. The van der Waals surface area contributed by atoms with Crippen LogP contribution in [0.4, 0.5) is 5.82 Å². The highest BCUT2D eigenvalue weighted by molar-refractivity contribution is 5.14. The Hall–Kier alpha value is -1.39. The highest BCUT2D eigenvalue weighted by Gasteiger charge is 2.14. The monoisotopic (exact) mass is 183 g/mol. The maximum absolute atomic E-state index is 10.3. The molecule has 13 heavy (non-hydrogen) atoms. The molecular weight excluding hydrogens is 170 g/mol. The Kier molecular flexibility index (Phi) is 3.00. The van der Waals surface area contributed by atoms with Crippen molar-refractivity contribution in [1.82, 2.24) is 9.78 Å². The fraction of sp³-hybridized carbons (Fsp3) is 0.625. The summed E-state index contributed by atoms with van der Waals surface area (Å²) >= 11 is 0. The molecule has 0 radical (unpaired) electrons. The van der Waals surface area contributed by atoms with E-state index in [2.05, 4.69) is 12.0 Å². The Bertz CT molecular complexity index is 295. The fourth-order valence-electron chi connectivity index (χ4n) is 1.22. The summed E-state index contributed by atoms with van der Waals surface area (Å²) < 4.78 is 1.64. The van der Waals surface area contributed by atoms with Gasteiger partial charge in [0.05, 0.1) is 23.4 Å². The topological polar surface area (TPSA) is 61.0 Å². The molecule has 0 aromatic carbocycles. The van der Waals surface area contributed by atoms with Crippen LogP contribution >= 0.6 is 0 Å². The summed E-state index contributed by atoms with van der Waals surface area (Å²) in [5.41, 5.74) is 0. The van der Waals surface area contributed by atoms with E-state index < -0.39 is 4.92 Å². The van der Waals surface area contributed by atoms with E-state index >= 15 is 0 Å². The van der Waals surface area contributed by atoms with Gasteiger partial charge < -0.3 is 10.1 Å². The molecule has 0 N–H and O–H groups in total. The van der Waals surface area contributed by atoms with Gasteiger partial charge in [0, 0.05) is 0 Å². The summed E-state index contributed by atoms with van der Waals surface area (Å²) in [5.74, 6) is -0.0806. The van der Waals surface area contributed by atoms with Crippen molar-refractivity contribution < 1.29 is 4.92 Å². The second kappa shape index (κ2) is 4.02. The van der Waals surface area contributed by atoms with Crippen molar-refractivity contribution in [3.05, 3.63) is 22.4 Å². The zero-order valence-electron chi connectivity index (χ0n) is 7.80. The molecule has 0 fully saturated rings. The van der Waals surface area contributed by atoms with Gasteiger partial charge in [-0.15, -0.1) is 0 Å². The summed E-state index contributed by atoms with van der Waals surface area (Å²) in [6, 6.07) is 1.66. The average Bonchev–Trinajstić information content (AvgIpc) is 2.52. The van der Waals surface area contributed by atoms with E-state index in [1.165, 1.54) is 6.07 Å². The summed E-state index contributed by atoms with van der Waals surface area (Å²) in [5, 5.41) is 14.2. The van der Waals surface area contributed by atoms with Crippen LogP contribution in [0.15, 0.2) is 12.3 Å². The molecule has 1 atom stereocenters. The molecule has 72 valence electrons. The molecule has 0 aliphatic heterocycles. The highest BCUT2D eigenvalue weighted by atomic mass is 16.6. The van der Waals surface area contributed by atoms with Gasteiger partial charge in [0.1, 0.15) is 0 Å². The Morgan fingerprint density at radius 2 is 2.46 bits per heavy atom. The first-order chi connectivity index (χ1) is 6.15. The van der Waals surface area contributed by atoms with Crippen molar-refractivity contribution in [3.8, 4) is 0 Å². The van der Waals surface area contributed by atoms with Gasteiger partial charge in [-0.2, -0.15) is 4.68 Å². The van der Waals surface area contributed by atoms with Gasteiger partial charge in [-0.3, -0.25) is 0 Å². The number of hydrogen-bond acceptors (Lipinski definition) is 3. The van der Waals surface area contributed by atoms with Crippen LogP contribution in [0.25, 0.3) is 0 Å². The van der Waals surface area contributed by atoms with Crippen molar-refractivity contribution >= 4 is 5.82 Å². The molecule has 1 rings (SSSR count). The van der Waals surface area contributed by atoms with Crippen LogP contribution in [-0.4, -0.2) is 14.7 Å². The smallest absolute Gasteiger partial charge is 0.358 e. The quantitative estimate of drug-likeness (QED) is 0.530. The molecular formula is C8H13N3O2. The van der Waals surface area contributed by atoms with Crippen molar-refractivity contribution in [2.24, 2.45) is 0 Å². The predicted molar refractivity (Wildman–Crippen MR) is 48.5 cm³/mol. The van der Waals surface area contributed by atoms with Crippen molar-refractivity contribution in [3.63, 3.8) is 0 Å².